The normalized spacial score (nSPS) is 11.9. The molecule has 3 N–H and O–H groups in total. The molecule has 0 unspecified atom stereocenters. The number of carbonyl (C=O) groups is 1. The van der Waals surface area contributed by atoms with E-state index in [4.69, 9.17) is 4.98 Å². The van der Waals surface area contributed by atoms with Gasteiger partial charge in [-0.05, 0) is 29.0 Å². The third-order valence-corrected chi connectivity index (χ3v) is 6.65. The molecule has 6 heterocycles. The summed E-state index contributed by atoms with van der Waals surface area (Å²) in [6.07, 6.45) is 6.55. The van der Waals surface area contributed by atoms with E-state index in [-0.39, 0.29) is 22.3 Å². The summed E-state index contributed by atoms with van der Waals surface area (Å²) >= 11 is 1.58. The fourth-order valence-electron chi connectivity index (χ4n) is 4.33. The van der Waals surface area contributed by atoms with Crippen molar-refractivity contribution in [3.05, 3.63) is 59.6 Å². The number of aromatic nitrogens is 7. The van der Waals surface area contributed by atoms with E-state index in [0.29, 0.717) is 40.4 Å². The first-order valence-electron chi connectivity index (χ1n) is 11.9. The number of fused-ring (bicyclic) bond motifs is 2. The van der Waals surface area contributed by atoms with Gasteiger partial charge in [0.15, 0.2) is 11.5 Å². The maximum absolute atomic E-state index is 16.0. The molecule has 38 heavy (non-hydrogen) atoms. The van der Waals surface area contributed by atoms with E-state index in [0.717, 1.165) is 16.8 Å². The number of amides is 1. The third kappa shape index (κ3) is 4.41. The molecule has 6 aromatic rings. The largest absolute Gasteiger partial charge is 0.336 e. The quantitative estimate of drug-likeness (QED) is 0.246. The number of nitrogens with zero attached hydrogens (tertiary/aromatic N) is 5. The number of hydrogen-bond acceptors (Lipinski definition) is 7. The lowest BCUT2D eigenvalue weighted by atomic mass is 9.92. The Kier molecular flexibility index (Phi) is 5.72. The number of aromatic amines is 2. The molecule has 0 spiro atoms. The van der Waals surface area contributed by atoms with Gasteiger partial charge in [0.25, 0.3) is 0 Å². The molecule has 0 saturated carbocycles. The third-order valence-electron chi connectivity index (χ3n) is 5.97. The Balaban J connectivity index is 1.40. The van der Waals surface area contributed by atoms with Crippen molar-refractivity contribution in [1.82, 2.24) is 35.1 Å². The molecule has 0 atom stereocenters. The predicted molar refractivity (Wildman–Crippen MR) is 146 cm³/mol. The Labute approximate surface area is 220 Å². The zero-order valence-electron chi connectivity index (χ0n) is 20.8. The van der Waals surface area contributed by atoms with Crippen LogP contribution in [0.15, 0.2) is 53.7 Å². The Hall–Kier alpha value is -4.51. The molecule has 0 fully saturated rings. The van der Waals surface area contributed by atoms with Gasteiger partial charge in [-0.3, -0.25) is 19.9 Å². The molecule has 0 aliphatic carbocycles. The number of carbonyl (C=O) groups excluding carboxylic acids is 1. The minimum absolute atomic E-state index is 0.135. The van der Waals surface area contributed by atoms with E-state index >= 15 is 4.39 Å². The van der Waals surface area contributed by atoms with Crippen molar-refractivity contribution in [2.45, 2.75) is 27.2 Å². The van der Waals surface area contributed by atoms with Crippen molar-refractivity contribution < 1.29 is 9.18 Å². The second-order valence-electron chi connectivity index (χ2n) is 10.2. The highest BCUT2D eigenvalue weighted by Crippen LogP contribution is 2.34. The van der Waals surface area contributed by atoms with Crippen LogP contribution in [0.1, 0.15) is 27.2 Å². The molecule has 6 rings (SSSR count). The van der Waals surface area contributed by atoms with Gasteiger partial charge in [-0.25, -0.2) is 14.4 Å². The molecular weight excluding hydrogens is 503 g/mol. The number of anilines is 1. The van der Waals surface area contributed by atoms with Crippen LogP contribution in [-0.4, -0.2) is 41.0 Å². The minimum atomic E-state index is -0.518. The van der Waals surface area contributed by atoms with Crippen molar-refractivity contribution in [1.29, 1.82) is 0 Å². The Morgan fingerprint density at radius 3 is 2.76 bits per heavy atom. The topological polar surface area (TPSA) is 125 Å². The van der Waals surface area contributed by atoms with Crippen LogP contribution in [0.3, 0.4) is 0 Å². The first-order valence-corrected chi connectivity index (χ1v) is 12.9. The van der Waals surface area contributed by atoms with Gasteiger partial charge in [0.2, 0.25) is 5.91 Å². The molecule has 9 nitrogen and oxygen atoms in total. The molecule has 0 aliphatic rings. The summed E-state index contributed by atoms with van der Waals surface area (Å²) in [6, 6.07) is 5.48. The van der Waals surface area contributed by atoms with Crippen molar-refractivity contribution in [3.63, 3.8) is 0 Å². The molecule has 190 valence electrons. The number of thiophene rings is 1. The lowest BCUT2D eigenvalue weighted by molar-refractivity contribution is -0.117. The number of hydrogen-bond donors (Lipinski definition) is 3. The Morgan fingerprint density at radius 2 is 1.97 bits per heavy atom. The number of halogens is 1. The molecule has 0 aliphatic heterocycles. The monoisotopic (exact) mass is 526 g/mol. The number of H-pyrrole nitrogens is 2. The van der Waals surface area contributed by atoms with Crippen LogP contribution in [-0.2, 0) is 4.79 Å². The van der Waals surface area contributed by atoms with Crippen LogP contribution >= 0.6 is 11.3 Å². The van der Waals surface area contributed by atoms with Gasteiger partial charge in [-0.2, -0.15) is 16.4 Å². The highest BCUT2D eigenvalue weighted by molar-refractivity contribution is 7.08. The van der Waals surface area contributed by atoms with Gasteiger partial charge >= 0.3 is 0 Å². The van der Waals surface area contributed by atoms with E-state index in [2.05, 4.69) is 35.5 Å². The minimum Gasteiger partial charge on any atom is -0.336 e. The zero-order valence-corrected chi connectivity index (χ0v) is 21.7. The summed E-state index contributed by atoms with van der Waals surface area (Å²) in [4.78, 5) is 33.5. The maximum Gasteiger partial charge on any atom is 0.224 e. The van der Waals surface area contributed by atoms with Crippen LogP contribution < -0.4 is 5.32 Å². The average Bonchev–Trinajstić information content (AvgIpc) is 3.62. The van der Waals surface area contributed by atoms with E-state index in [1.165, 1.54) is 18.6 Å². The van der Waals surface area contributed by atoms with Gasteiger partial charge in [0.05, 0.1) is 28.5 Å². The Bertz CT molecular complexity index is 1800. The van der Waals surface area contributed by atoms with Gasteiger partial charge in [-0.1, -0.05) is 20.8 Å². The van der Waals surface area contributed by atoms with Gasteiger partial charge in [0.1, 0.15) is 17.0 Å². The average molecular weight is 527 g/mol. The molecule has 11 heteroatoms. The lowest BCUT2D eigenvalue weighted by Crippen LogP contribution is -2.19. The highest BCUT2D eigenvalue weighted by Gasteiger charge is 2.22. The SMILES string of the molecule is CC(C)(C)CC(=O)Nc1cncc(-c2cnc3[nH]nc(-c4nc5c(-c6ccsc6)nccc5[nH]4)c3c2F)c1. The van der Waals surface area contributed by atoms with Crippen LogP contribution in [0, 0.1) is 11.2 Å². The summed E-state index contributed by atoms with van der Waals surface area (Å²) < 4.78 is 16.0. The predicted octanol–water partition coefficient (Wildman–Crippen LogP) is 6.20. The number of nitrogens with one attached hydrogen (secondary N) is 3. The zero-order chi connectivity index (χ0) is 26.4. The van der Waals surface area contributed by atoms with Crippen LogP contribution in [0.5, 0.6) is 0 Å². The van der Waals surface area contributed by atoms with E-state index in [1.807, 2.05) is 43.7 Å². The van der Waals surface area contributed by atoms with Crippen molar-refractivity contribution >= 4 is 45.0 Å². The number of pyridine rings is 3. The first kappa shape index (κ1) is 23.9. The molecule has 0 aromatic carbocycles. The standard InChI is InChI=1S/C27H23FN8OS/c1-27(2,3)9-19(37)32-16-8-15(10-29-11-16)17-12-31-25-20(21(17)28)24(35-36-25)26-33-18-4-6-30-22(23(18)34-26)14-5-7-38-13-14/h4-8,10-13H,9H2,1-3H3,(H,32,37)(H,33,34)(H,31,35,36). The van der Waals surface area contributed by atoms with E-state index in [9.17, 15) is 4.79 Å². The molecule has 0 saturated heterocycles. The van der Waals surface area contributed by atoms with Crippen LogP contribution in [0.4, 0.5) is 10.1 Å². The Morgan fingerprint density at radius 1 is 1.11 bits per heavy atom. The van der Waals surface area contributed by atoms with Crippen LogP contribution in [0.25, 0.3) is 56.0 Å². The van der Waals surface area contributed by atoms with Gasteiger partial charge in [-0.15, -0.1) is 0 Å². The summed E-state index contributed by atoms with van der Waals surface area (Å²) in [5, 5.41) is 14.2. The fraction of sp³-hybridized carbons (Fsp3) is 0.185. The summed E-state index contributed by atoms with van der Waals surface area (Å²) in [7, 11) is 0. The maximum atomic E-state index is 16.0. The summed E-state index contributed by atoms with van der Waals surface area (Å²) in [6.45, 7) is 5.96. The van der Waals surface area contributed by atoms with Crippen molar-refractivity contribution in [2.24, 2.45) is 5.41 Å². The van der Waals surface area contributed by atoms with Crippen LogP contribution in [0.2, 0.25) is 0 Å². The molecule has 6 aromatic heterocycles. The van der Waals surface area contributed by atoms with Crippen molar-refractivity contribution in [2.75, 3.05) is 5.32 Å². The summed E-state index contributed by atoms with van der Waals surface area (Å²) in [5.74, 6) is -0.255. The highest BCUT2D eigenvalue weighted by atomic mass is 32.1. The summed E-state index contributed by atoms with van der Waals surface area (Å²) in [5.41, 5.74) is 4.76. The molecule has 1 amide bonds. The lowest BCUT2D eigenvalue weighted by Gasteiger charge is -2.17. The molecular formula is C27H23FN8OS. The second-order valence-corrected chi connectivity index (χ2v) is 11.0. The smallest absolute Gasteiger partial charge is 0.224 e. The molecule has 0 radical (unpaired) electrons. The first-order chi connectivity index (χ1) is 18.3. The van der Waals surface area contributed by atoms with Crippen molar-refractivity contribution in [3.8, 4) is 33.9 Å². The van der Waals surface area contributed by atoms with E-state index < -0.39 is 5.82 Å². The number of rotatable bonds is 5. The second kappa shape index (κ2) is 9.10. The number of imidazole rings is 1. The fourth-order valence-corrected chi connectivity index (χ4v) is 4.97. The van der Waals surface area contributed by atoms with E-state index in [1.54, 1.807) is 23.6 Å². The molecule has 0 bridgehead atoms. The van der Waals surface area contributed by atoms with Gasteiger partial charge < -0.3 is 10.3 Å². The van der Waals surface area contributed by atoms with Gasteiger partial charge in [0, 0.05) is 47.1 Å².